The molecule has 3 aromatic rings. The van der Waals surface area contributed by atoms with Gasteiger partial charge < -0.3 is 19.7 Å². The number of benzene rings is 1. The molecule has 5 rings (SSSR count). The lowest BCUT2D eigenvalue weighted by Crippen LogP contribution is -2.54. The zero-order chi connectivity index (χ0) is 27.7. The third-order valence-electron chi connectivity index (χ3n) is 6.41. The number of carbonyl (C=O) groups is 3. The van der Waals surface area contributed by atoms with E-state index in [2.05, 4.69) is 20.2 Å². The number of thiophene rings is 1. The average molecular weight is 613 g/mol. The van der Waals surface area contributed by atoms with Crippen molar-refractivity contribution in [2.45, 2.75) is 36.9 Å². The van der Waals surface area contributed by atoms with Crippen LogP contribution in [0.1, 0.15) is 28.3 Å². The van der Waals surface area contributed by atoms with E-state index in [0.29, 0.717) is 47.5 Å². The van der Waals surface area contributed by atoms with E-state index in [1.54, 1.807) is 23.0 Å². The lowest BCUT2D eigenvalue weighted by atomic mass is 10.2. The minimum Gasteiger partial charge on any atom is -0.349 e. The molecule has 1 saturated heterocycles. The number of fused-ring (bicyclic) bond motifs is 1. The second-order valence-electron chi connectivity index (χ2n) is 8.93. The third kappa shape index (κ3) is 5.79. The zero-order valence-corrected chi connectivity index (χ0v) is 23.5. The Labute approximate surface area is 237 Å². The molecule has 0 saturated carbocycles. The Bertz CT molecular complexity index is 1540. The standard InChI is InChI=1S/C23H23Cl2N7O5S2/c24-18-7-6-16(38-18)22(34)26-11-14(23(35)30-9-10-31-13-27-28-19(31)12-30)29-39(36,37)17-4-1-3-15(21(17)25)32-8-2-5-20(32)33/h1,3-4,6-7,13-14,29H,2,5,8-12H2,(H,26,34)/t14-/m0/s1. The fourth-order valence-electron chi connectivity index (χ4n) is 4.44. The first-order chi connectivity index (χ1) is 18.6. The van der Waals surface area contributed by atoms with Crippen molar-refractivity contribution in [1.29, 1.82) is 0 Å². The van der Waals surface area contributed by atoms with Gasteiger partial charge in [-0.3, -0.25) is 14.4 Å². The predicted molar refractivity (Wildman–Crippen MR) is 144 cm³/mol. The average Bonchev–Trinajstić information content (AvgIpc) is 3.66. The molecule has 1 fully saturated rings. The van der Waals surface area contributed by atoms with E-state index >= 15 is 0 Å². The third-order valence-corrected chi connectivity index (χ3v) is 9.66. The van der Waals surface area contributed by atoms with E-state index in [9.17, 15) is 22.8 Å². The molecule has 16 heteroatoms. The molecule has 206 valence electrons. The van der Waals surface area contributed by atoms with E-state index in [1.165, 1.54) is 28.0 Å². The smallest absolute Gasteiger partial charge is 0.261 e. The van der Waals surface area contributed by atoms with Crippen LogP contribution in [0.15, 0.2) is 41.6 Å². The van der Waals surface area contributed by atoms with Gasteiger partial charge in [-0.25, -0.2) is 8.42 Å². The number of rotatable bonds is 8. The summed E-state index contributed by atoms with van der Waals surface area (Å²) in [5, 5.41) is 10.3. The van der Waals surface area contributed by atoms with Gasteiger partial charge >= 0.3 is 0 Å². The Morgan fingerprint density at radius 1 is 1.13 bits per heavy atom. The first-order valence-electron chi connectivity index (χ1n) is 11.9. The van der Waals surface area contributed by atoms with Gasteiger partial charge in [0.25, 0.3) is 5.91 Å². The highest BCUT2D eigenvalue weighted by molar-refractivity contribution is 7.89. The molecule has 0 bridgehead atoms. The minimum atomic E-state index is -4.37. The molecule has 2 aliphatic heterocycles. The topological polar surface area (TPSA) is 147 Å². The van der Waals surface area contributed by atoms with E-state index in [4.69, 9.17) is 23.2 Å². The van der Waals surface area contributed by atoms with Crippen molar-refractivity contribution in [3.8, 4) is 0 Å². The van der Waals surface area contributed by atoms with Crippen LogP contribution in [0.5, 0.6) is 0 Å². The number of anilines is 1. The van der Waals surface area contributed by atoms with E-state index in [1.807, 2.05) is 0 Å². The molecule has 2 aromatic heterocycles. The molecule has 2 aliphatic rings. The number of hydrogen-bond acceptors (Lipinski definition) is 8. The van der Waals surface area contributed by atoms with Crippen LogP contribution in [-0.2, 0) is 32.7 Å². The molecule has 39 heavy (non-hydrogen) atoms. The molecule has 12 nitrogen and oxygen atoms in total. The van der Waals surface area contributed by atoms with Crippen LogP contribution in [-0.4, -0.2) is 71.5 Å². The van der Waals surface area contributed by atoms with Crippen molar-refractivity contribution in [1.82, 2.24) is 29.7 Å². The molecule has 1 atom stereocenters. The lowest BCUT2D eigenvalue weighted by molar-refractivity contribution is -0.134. The first-order valence-corrected chi connectivity index (χ1v) is 15.0. The van der Waals surface area contributed by atoms with Crippen molar-refractivity contribution in [3.05, 3.63) is 56.7 Å². The number of amides is 3. The summed E-state index contributed by atoms with van der Waals surface area (Å²) in [7, 11) is -4.37. The minimum absolute atomic E-state index is 0.124. The fourth-order valence-corrected chi connectivity index (χ4v) is 7.22. The Kier molecular flexibility index (Phi) is 7.91. The number of nitrogens with zero attached hydrogens (tertiary/aromatic N) is 5. The van der Waals surface area contributed by atoms with Gasteiger partial charge in [0.1, 0.15) is 17.3 Å². The van der Waals surface area contributed by atoms with Gasteiger partial charge in [0.15, 0.2) is 5.82 Å². The molecular formula is C23H23Cl2N7O5S2. The first kappa shape index (κ1) is 27.5. The van der Waals surface area contributed by atoms with Gasteiger partial charge in [0, 0.05) is 32.6 Å². The maximum Gasteiger partial charge on any atom is 0.261 e. The Morgan fingerprint density at radius 2 is 1.95 bits per heavy atom. The molecule has 0 aliphatic carbocycles. The maximum atomic E-state index is 13.6. The SMILES string of the molecule is O=C(NC[C@H](NS(=O)(=O)c1cccc(N2CCCC2=O)c1Cl)C(=O)N1CCn2cnnc2C1)c1ccc(Cl)s1. The van der Waals surface area contributed by atoms with Crippen LogP contribution in [0.25, 0.3) is 0 Å². The van der Waals surface area contributed by atoms with Gasteiger partial charge in [-0.15, -0.1) is 21.5 Å². The van der Waals surface area contributed by atoms with Crippen molar-refractivity contribution in [3.63, 3.8) is 0 Å². The highest BCUT2D eigenvalue weighted by atomic mass is 35.5. The van der Waals surface area contributed by atoms with Crippen molar-refractivity contribution in [2.24, 2.45) is 0 Å². The van der Waals surface area contributed by atoms with Crippen molar-refractivity contribution < 1.29 is 22.8 Å². The van der Waals surface area contributed by atoms with Crippen LogP contribution < -0.4 is 14.9 Å². The van der Waals surface area contributed by atoms with E-state index in [-0.39, 0.29) is 34.6 Å². The molecule has 4 heterocycles. The monoisotopic (exact) mass is 611 g/mol. The van der Waals surface area contributed by atoms with Crippen molar-refractivity contribution >= 4 is 68.0 Å². The number of halogens is 2. The lowest BCUT2D eigenvalue weighted by Gasteiger charge is -2.31. The van der Waals surface area contributed by atoms with Crippen LogP contribution in [0, 0.1) is 0 Å². The van der Waals surface area contributed by atoms with Gasteiger partial charge in [-0.05, 0) is 30.7 Å². The van der Waals surface area contributed by atoms with Gasteiger partial charge in [0.2, 0.25) is 21.8 Å². The molecule has 0 unspecified atom stereocenters. The Balaban J connectivity index is 1.40. The molecule has 1 aromatic carbocycles. The number of sulfonamides is 1. The highest BCUT2D eigenvalue weighted by Gasteiger charge is 2.34. The number of carbonyl (C=O) groups excluding carboxylic acids is 3. The number of nitrogens with one attached hydrogen (secondary N) is 2. The summed E-state index contributed by atoms with van der Waals surface area (Å²) in [5.74, 6) is -0.657. The number of hydrogen-bond donors (Lipinski definition) is 2. The molecular weight excluding hydrogens is 589 g/mol. The summed E-state index contributed by atoms with van der Waals surface area (Å²) in [6.07, 6.45) is 2.55. The Hall–Kier alpha value is -3.04. The summed E-state index contributed by atoms with van der Waals surface area (Å²) in [4.78, 5) is 41.4. The van der Waals surface area contributed by atoms with Gasteiger partial charge in [-0.1, -0.05) is 29.3 Å². The fraction of sp³-hybridized carbons (Fsp3) is 0.348. The van der Waals surface area contributed by atoms with Crippen LogP contribution in [0.4, 0.5) is 5.69 Å². The van der Waals surface area contributed by atoms with Gasteiger partial charge in [0.05, 0.1) is 26.5 Å². The summed E-state index contributed by atoms with van der Waals surface area (Å²) in [6.45, 7) is 0.945. The summed E-state index contributed by atoms with van der Waals surface area (Å²) >= 11 is 13.5. The predicted octanol–water partition coefficient (Wildman–Crippen LogP) is 1.89. The van der Waals surface area contributed by atoms with E-state index < -0.39 is 27.9 Å². The Morgan fingerprint density at radius 3 is 2.67 bits per heavy atom. The summed E-state index contributed by atoms with van der Waals surface area (Å²) in [6, 6.07) is 6.09. The molecule has 3 amide bonds. The largest absolute Gasteiger partial charge is 0.349 e. The van der Waals surface area contributed by atoms with Crippen LogP contribution in [0.2, 0.25) is 9.36 Å². The van der Waals surface area contributed by atoms with E-state index in [0.717, 1.165) is 11.3 Å². The van der Waals surface area contributed by atoms with Crippen LogP contribution in [0.3, 0.4) is 0 Å². The van der Waals surface area contributed by atoms with Crippen molar-refractivity contribution in [2.75, 3.05) is 24.5 Å². The zero-order valence-electron chi connectivity index (χ0n) is 20.3. The highest BCUT2D eigenvalue weighted by Crippen LogP contribution is 2.34. The second kappa shape index (κ2) is 11.2. The number of aromatic nitrogens is 3. The quantitative estimate of drug-likeness (QED) is 0.395. The summed E-state index contributed by atoms with van der Waals surface area (Å²) in [5.41, 5.74) is 0.281. The maximum absolute atomic E-state index is 13.6. The molecule has 0 spiro atoms. The summed E-state index contributed by atoms with van der Waals surface area (Å²) < 4.78 is 31.7. The van der Waals surface area contributed by atoms with Crippen LogP contribution >= 0.6 is 34.5 Å². The normalized spacial score (nSPS) is 16.3. The second-order valence-corrected chi connectivity index (χ2v) is 12.7. The molecule has 2 N–H and O–H groups in total. The van der Waals surface area contributed by atoms with Gasteiger partial charge in [-0.2, -0.15) is 4.72 Å². The molecule has 0 radical (unpaired) electrons.